The number of hydrogen-bond donors (Lipinski definition) is 1. The van der Waals surface area contributed by atoms with E-state index in [4.69, 9.17) is 5.11 Å². The molecule has 1 aliphatic carbocycles. The Bertz CT molecular complexity index is 64.0. The second-order valence-corrected chi connectivity index (χ2v) is 2.85. The first-order valence-electron chi connectivity index (χ1n) is 3.45. The fraction of sp³-hybridized carbons (Fsp3) is 1.00. The number of rotatable bonds is 2. The van der Waals surface area contributed by atoms with E-state index in [1.165, 1.54) is 19.3 Å². The van der Waals surface area contributed by atoms with Crippen LogP contribution in [0.4, 0.5) is 0 Å². The third-order valence-electron chi connectivity index (χ3n) is 2.24. The van der Waals surface area contributed by atoms with Gasteiger partial charge < -0.3 is 5.11 Å². The maximum atomic E-state index is 8.67. The first-order valence-corrected chi connectivity index (χ1v) is 3.45. The van der Waals surface area contributed by atoms with Crippen LogP contribution >= 0.6 is 0 Å². The van der Waals surface area contributed by atoms with Crippen LogP contribution in [0, 0.1) is 11.8 Å². The molecule has 1 fully saturated rings. The Labute approximate surface area is 50.7 Å². The van der Waals surface area contributed by atoms with E-state index in [0.717, 1.165) is 5.92 Å². The quantitative estimate of drug-likeness (QED) is 0.575. The molecule has 48 valence electrons. The van der Waals surface area contributed by atoms with E-state index in [-0.39, 0.29) is 0 Å². The fourth-order valence-electron chi connectivity index (χ4n) is 1.16. The molecule has 1 aliphatic rings. The maximum Gasteiger partial charge on any atom is 0.0459 e. The van der Waals surface area contributed by atoms with E-state index in [1.54, 1.807) is 0 Å². The molecular weight excluding hydrogens is 100 g/mol. The molecule has 1 N–H and O–H groups in total. The van der Waals surface area contributed by atoms with Crippen molar-refractivity contribution in [3.63, 3.8) is 0 Å². The smallest absolute Gasteiger partial charge is 0.0459 e. The highest BCUT2D eigenvalue weighted by atomic mass is 16.3. The molecule has 1 heteroatoms. The van der Waals surface area contributed by atoms with Gasteiger partial charge in [0.25, 0.3) is 0 Å². The molecule has 0 aromatic heterocycles. The van der Waals surface area contributed by atoms with Gasteiger partial charge in [0.1, 0.15) is 0 Å². The molecule has 0 aromatic rings. The molecule has 0 aromatic carbocycles. The lowest BCUT2D eigenvalue weighted by atomic mass is 9.77. The molecule has 0 heterocycles. The van der Waals surface area contributed by atoms with Crippen LogP contribution in [0.15, 0.2) is 0 Å². The van der Waals surface area contributed by atoms with Crippen molar-refractivity contribution in [2.75, 3.05) is 6.61 Å². The van der Waals surface area contributed by atoms with E-state index in [2.05, 4.69) is 6.92 Å². The van der Waals surface area contributed by atoms with E-state index in [1.807, 2.05) is 0 Å². The van der Waals surface area contributed by atoms with Gasteiger partial charge in [0.2, 0.25) is 0 Å². The predicted molar refractivity (Wildman–Crippen MR) is 33.6 cm³/mol. The lowest BCUT2D eigenvalue weighted by Gasteiger charge is -2.29. The molecule has 8 heavy (non-hydrogen) atoms. The maximum absolute atomic E-state index is 8.67. The highest BCUT2D eigenvalue weighted by Crippen LogP contribution is 2.32. The summed E-state index contributed by atoms with van der Waals surface area (Å²) in [6.45, 7) is 2.51. The molecule has 0 amide bonds. The summed E-state index contributed by atoms with van der Waals surface area (Å²) in [5.41, 5.74) is 0. The molecule has 1 nitrogen and oxygen atoms in total. The summed E-state index contributed by atoms with van der Waals surface area (Å²) in [7, 11) is 0. The van der Waals surface area contributed by atoms with Gasteiger partial charge in [-0.1, -0.05) is 26.2 Å². The van der Waals surface area contributed by atoms with Crippen molar-refractivity contribution in [3.05, 3.63) is 0 Å². The van der Waals surface area contributed by atoms with Crippen molar-refractivity contribution in [2.45, 2.75) is 26.2 Å². The van der Waals surface area contributed by atoms with E-state index >= 15 is 0 Å². The van der Waals surface area contributed by atoms with Crippen LogP contribution in [0.5, 0.6) is 0 Å². The third kappa shape index (κ3) is 1.03. The zero-order valence-corrected chi connectivity index (χ0v) is 5.43. The lowest BCUT2D eigenvalue weighted by molar-refractivity contribution is 0.137. The second kappa shape index (κ2) is 2.49. The summed E-state index contributed by atoms with van der Waals surface area (Å²) in [6.07, 6.45) is 4.08. The van der Waals surface area contributed by atoms with Crippen LogP contribution in [0.1, 0.15) is 26.2 Å². The fourth-order valence-corrected chi connectivity index (χ4v) is 1.16. The molecule has 1 atom stereocenters. The predicted octanol–water partition coefficient (Wildman–Crippen LogP) is 1.41. The average molecular weight is 114 g/mol. The highest BCUT2D eigenvalue weighted by Gasteiger charge is 2.22. The van der Waals surface area contributed by atoms with Crippen LogP contribution in [0.2, 0.25) is 0 Å². The second-order valence-electron chi connectivity index (χ2n) is 2.85. The van der Waals surface area contributed by atoms with Crippen LogP contribution < -0.4 is 0 Å². The normalized spacial score (nSPS) is 24.8. The summed E-state index contributed by atoms with van der Waals surface area (Å²) in [4.78, 5) is 0. The van der Waals surface area contributed by atoms with Gasteiger partial charge in [0, 0.05) is 6.61 Å². The van der Waals surface area contributed by atoms with Crippen LogP contribution in [-0.2, 0) is 0 Å². The monoisotopic (exact) mass is 114 g/mol. The van der Waals surface area contributed by atoms with Crippen molar-refractivity contribution in [1.29, 1.82) is 0 Å². The Morgan fingerprint density at radius 1 is 1.62 bits per heavy atom. The van der Waals surface area contributed by atoms with Gasteiger partial charge >= 0.3 is 0 Å². The minimum absolute atomic E-state index is 0.380. The molecule has 1 unspecified atom stereocenters. The van der Waals surface area contributed by atoms with E-state index < -0.39 is 0 Å². The summed E-state index contributed by atoms with van der Waals surface area (Å²) in [5, 5.41) is 8.67. The van der Waals surface area contributed by atoms with Crippen LogP contribution in [-0.4, -0.2) is 11.7 Å². The Hall–Kier alpha value is -0.0400. The van der Waals surface area contributed by atoms with Gasteiger partial charge in [-0.2, -0.15) is 0 Å². The van der Waals surface area contributed by atoms with Crippen LogP contribution in [0.25, 0.3) is 0 Å². The number of aliphatic hydroxyl groups is 1. The minimum atomic E-state index is 0.380. The van der Waals surface area contributed by atoms with Gasteiger partial charge in [-0.25, -0.2) is 0 Å². The summed E-state index contributed by atoms with van der Waals surface area (Å²) >= 11 is 0. The standard InChI is InChI=1S/C7H14O/c1-6(5-8)7-3-2-4-7/h6-8H,2-5H2,1H3. The molecule has 1 rings (SSSR count). The Balaban J connectivity index is 2.13. The van der Waals surface area contributed by atoms with Crippen molar-refractivity contribution in [3.8, 4) is 0 Å². The minimum Gasteiger partial charge on any atom is -0.396 e. The topological polar surface area (TPSA) is 20.2 Å². The van der Waals surface area contributed by atoms with Gasteiger partial charge in [-0.05, 0) is 11.8 Å². The van der Waals surface area contributed by atoms with E-state index in [0.29, 0.717) is 12.5 Å². The van der Waals surface area contributed by atoms with Crippen molar-refractivity contribution >= 4 is 0 Å². The lowest BCUT2D eigenvalue weighted by Crippen LogP contribution is -2.21. The zero-order chi connectivity index (χ0) is 5.98. The van der Waals surface area contributed by atoms with Crippen molar-refractivity contribution in [2.24, 2.45) is 11.8 Å². The van der Waals surface area contributed by atoms with Crippen molar-refractivity contribution in [1.82, 2.24) is 0 Å². The molecule has 0 radical (unpaired) electrons. The Morgan fingerprint density at radius 3 is 2.38 bits per heavy atom. The van der Waals surface area contributed by atoms with Gasteiger partial charge in [-0.15, -0.1) is 0 Å². The Kier molecular flexibility index (Phi) is 1.90. The zero-order valence-electron chi connectivity index (χ0n) is 5.43. The SMILES string of the molecule is CC(CO)C1CCC1. The van der Waals surface area contributed by atoms with Gasteiger partial charge in [0.05, 0.1) is 0 Å². The number of hydrogen-bond acceptors (Lipinski definition) is 1. The summed E-state index contributed by atoms with van der Waals surface area (Å²) in [6, 6.07) is 0. The summed E-state index contributed by atoms with van der Waals surface area (Å²) < 4.78 is 0. The van der Waals surface area contributed by atoms with Gasteiger partial charge in [-0.3, -0.25) is 0 Å². The Morgan fingerprint density at radius 2 is 2.25 bits per heavy atom. The third-order valence-corrected chi connectivity index (χ3v) is 2.24. The molecule has 0 bridgehead atoms. The first kappa shape index (κ1) is 6.09. The average Bonchev–Trinajstić information content (AvgIpc) is 1.62. The molecular formula is C7H14O. The van der Waals surface area contributed by atoms with Crippen molar-refractivity contribution < 1.29 is 5.11 Å². The molecule has 1 saturated carbocycles. The highest BCUT2D eigenvalue weighted by molar-refractivity contribution is 4.73. The first-order chi connectivity index (χ1) is 3.84. The van der Waals surface area contributed by atoms with Crippen LogP contribution in [0.3, 0.4) is 0 Å². The summed E-state index contributed by atoms with van der Waals surface area (Å²) in [5.74, 6) is 1.41. The molecule has 0 saturated heterocycles. The largest absolute Gasteiger partial charge is 0.396 e. The van der Waals surface area contributed by atoms with E-state index in [9.17, 15) is 0 Å². The van der Waals surface area contributed by atoms with Gasteiger partial charge in [0.15, 0.2) is 0 Å². The number of aliphatic hydroxyl groups excluding tert-OH is 1. The molecule has 0 aliphatic heterocycles. The molecule has 0 spiro atoms.